The predicted octanol–water partition coefficient (Wildman–Crippen LogP) is -1.08. The van der Waals surface area contributed by atoms with E-state index < -0.39 is 9.84 Å². The second-order valence-electron chi connectivity index (χ2n) is 3.06. The van der Waals surface area contributed by atoms with Gasteiger partial charge in [-0.05, 0) is 0 Å². The number of nitrogens with one attached hydrogen (secondary N) is 1. The van der Waals surface area contributed by atoms with Gasteiger partial charge in [0.25, 0.3) is 0 Å². The summed E-state index contributed by atoms with van der Waals surface area (Å²) in [7, 11) is -1.62. The molecular formula is C7H13N5O3S. The third-order valence-electron chi connectivity index (χ3n) is 1.57. The minimum absolute atomic E-state index is 0.00806. The zero-order valence-corrected chi connectivity index (χ0v) is 9.78. The molecule has 9 heteroatoms. The molecule has 0 atom stereocenters. The molecule has 0 aromatic carbocycles. The van der Waals surface area contributed by atoms with Crippen molar-refractivity contribution in [3.63, 3.8) is 0 Å². The fourth-order valence-electron chi connectivity index (χ4n) is 0.891. The summed E-state index contributed by atoms with van der Waals surface area (Å²) in [6.45, 7) is 0.200. The van der Waals surface area contributed by atoms with Crippen molar-refractivity contribution in [2.24, 2.45) is 0 Å². The highest BCUT2D eigenvalue weighted by Gasteiger charge is 2.05. The van der Waals surface area contributed by atoms with Crippen LogP contribution in [0.5, 0.6) is 6.01 Å². The number of hydrogen-bond donors (Lipinski definition) is 2. The summed E-state index contributed by atoms with van der Waals surface area (Å²) in [4.78, 5) is 11.3. The summed E-state index contributed by atoms with van der Waals surface area (Å²) < 4.78 is 26.5. The molecule has 0 unspecified atom stereocenters. The molecule has 1 rings (SSSR count). The van der Waals surface area contributed by atoms with Crippen LogP contribution in [0.1, 0.15) is 0 Å². The first kappa shape index (κ1) is 12.4. The standard InChI is InChI=1S/C7H13N5O3S/c1-15-7-11-5(8)10-6(12-7)9-3-4-16(2,13)14/h3-4H2,1-2H3,(H3,8,9,10,11,12). The zero-order valence-electron chi connectivity index (χ0n) is 8.97. The maximum Gasteiger partial charge on any atom is 0.322 e. The first-order valence-corrected chi connectivity index (χ1v) is 6.44. The van der Waals surface area contributed by atoms with Crippen LogP contribution < -0.4 is 15.8 Å². The van der Waals surface area contributed by atoms with Crippen molar-refractivity contribution in [1.29, 1.82) is 0 Å². The fourth-order valence-corrected chi connectivity index (χ4v) is 1.36. The number of hydrogen-bond acceptors (Lipinski definition) is 8. The Balaban J connectivity index is 2.63. The Morgan fingerprint density at radius 1 is 1.38 bits per heavy atom. The number of anilines is 2. The number of sulfone groups is 1. The van der Waals surface area contributed by atoms with Gasteiger partial charge in [-0.15, -0.1) is 0 Å². The minimum atomic E-state index is -3.02. The van der Waals surface area contributed by atoms with Crippen LogP contribution >= 0.6 is 0 Å². The molecule has 0 bridgehead atoms. The Morgan fingerprint density at radius 2 is 2.06 bits per heavy atom. The molecule has 0 aliphatic carbocycles. The SMILES string of the molecule is COc1nc(N)nc(NCCS(C)(=O)=O)n1. The second kappa shape index (κ2) is 4.92. The highest BCUT2D eigenvalue weighted by atomic mass is 32.2. The lowest BCUT2D eigenvalue weighted by atomic mass is 10.7. The van der Waals surface area contributed by atoms with Gasteiger partial charge in [-0.2, -0.15) is 15.0 Å². The molecule has 1 aromatic heterocycles. The Morgan fingerprint density at radius 3 is 2.62 bits per heavy atom. The number of nitrogens with two attached hydrogens (primary N) is 1. The van der Waals surface area contributed by atoms with E-state index in [-0.39, 0.29) is 30.2 Å². The fraction of sp³-hybridized carbons (Fsp3) is 0.571. The smallest absolute Gasteiger partial charge is 0.322 e. The lowest BCUT2D eigenvalue weighted by Crippen LogP contribution is -2.16. The van der Waals surface area contributed by atoms with Gasteiger partial charge in [0.1, 0.15) is 9.84 Å². The topological polar surface area (TPSA) is 120 Å². The summed E-state index contributed by atoms with van der Waals surface area (Å²) in [6, 6.07) is 0.0781. The van der Waals surface area contributed by atoms with Crippen LogP contribution in [0.25, 0.3) is 0 Å². The second-order valence-corrected chi connectivity index (χ2v) is 5.32. The molecule has 90 valence electrons. The van der Waals surface area contributed by atoms with E-state index in [1.165, 1.54) is 7.11 Å². The summed E-state index contributed by atoms with van der Waals surface area (Å²) >= 11 is 0. The Labute approximate surface area is 93.2 Å². The molecule has 8 nitrogen and oxygen atoms in total. The van der Waals surface area contributed by atoms with E-state index in [2.05, 4.69) is 20.3 Å². The van der Waals surface area contributed by atoms with Crippen LogP contribution in [-0.4, -0.2) is 49.0 Å². The van der Waals surface area contributed by atoms with Gasteiger partial charge in [0.2, 0.25) is 11.9 Å². The first-order chi connectivity index (χ1) is 7.40. The molecule has 0 saturated heterocycles. The predicted molar refractivity (Wildman–Crippen MR) is 59.0 cm³/mol. The molecule has 0 aliphatic rings. The van der Waals surface area contributed by atoms with Crippen LogP contribution in [0, 0.1) is 0 Å². The number of methoxy groups -OCH3 is 1. The largest absolute Gasteiger partial charge is 0.467 e. The first-order valence-electron chi connectivity index (χ1n) is 4.38. The van der Waals surface area contributed by atoms with Gasteiger partial charge in [-0.25, -0.2) is 8.42 Å². The maximum absolute atomic E-state index is 10.9. The number of rotatable bonds is 5. The molecule has 3 N–H and O–H groups in total. The van der Waals surface area contributed by atoms with Crippen LogP contribution in [0.4, 0.5) is 11.9 Å². The third kappa shape index (κ3) is 4.26. The highest BCUT2D eigenvalue weighted by Crippen LogP contribution is 2.07. The molecule has 0 aliphatic heterocycles. The van der Waals surface area contributed by atoms with Gasteiger partial charge in [0.05, 0.1) is 12.9 Å². The van der Waals surface area contributed by atoms with Crippen molar-refractivity contribution in [1.82, 2.24) is 15.0 Å². The van der Waals surface area contributed by atoms with Gasteiger partial charge >= 0.3 is 6.01 Å². The van der Waals surface area contributed by atoms with E-state index in [9.17, 15) is 8.42 Å². The summed E-state index contributed by atoms with van der Waals surface area (Å²) in [5.41, 5.74) is 5.39. The summed E-state index contributed by atoms with van der Waals surface area (Å²) in [6.07, 6.45) is 1.15. The van der Waals surface area contributed by atoms with E-state index in [1.54, 1.807) is 0 Å². The zero-order chi connectivity index (χ0) is 12.2. The van der Waals surface area contributed by atoms with Crippen molar-refractivity contribution in [2.75, 3.05) is 36.7 Å². The summed E-state index contributed by atoms with van der Waals surface area (Å²) in [5.74, 6) is 0.183. The van der Waals surface area contributed by atoms with Gasteiger partial charge in [-0.3, -0.25) is 0 Å². The van der Waals surface area contributed by atoms with E-state index in [0.717, 1.165) is 6.26 Å². The van der Waals surface area contributed by atoms with Gasteiger partial charge < -0.3 is 15.8 Å². The van der Waals surface area contributed by atoms with E-state index in [0.29, 0.717) is 0 Å². The molecule has 0 saturated carbocycles. The quantitative estimate of drug-likeness (QED) is 0.674. The van der Waals surface area contributed by atoms with Gasteiger partial charge in [-0.1, -0.05) is 0 Å². The number of nitrogens with zero attached hydrogens (tertiary/aromatic N) is 3. The normalized spacial score (nSPS) is 11.1. The Bertz CT molecular complexity index is 461. The third-order valence-corrected chi connectivity index (χ3v) is 2.52. The molecule has 0 radical (unpaired) electrons. The van der Waals surface area contributed by atoms with E-state index in [1.807, 2.05) is 0 Å². The minimum Gasteiger partial charge on any atom is -0.467 e. The van der Waals surface area contributed by atoms with Gasteiger partial charge in [0.15, 0.2) is 0 Å². The maximum atomic E-state index is 10.9. The number of ether oxygens (including phenoxy) is 1. The lowest BCUT2D eigenvalue weighted by molar-refractivity contribution is 0.380. The average molecular weight is 247 g/mol. The van der Waals surface area contributed by atoms with Crippen molar-refractivity contribution in [2.45, 2.75) is 0 Å². The van der Waals surface area contributed by atoms with E-state index >= 15 is 0 Å². The molecule has 16 heavy (non-hydrogen) atoms. The molecule has 1 aromatic rings. The monoisotopic (exact) mass is 247 g/mol. The number of aromatic nitrogens is 3. The Kier molecular flexibility index (Phi) is 3.82. The van der Waals surface area contributed by atoms with Crippen LogP contribution in [0.15, 0.2) is 0 Å². The number of nitrogen functional groups attached to an aromatic ring is 1. The van der Waals surface area contributed by atoms with Crippen molar-refractivity contribution in [3.05, 3.63) is 0 Å². The van der Waals surface area contributed by atoms with Crippen molar-refractivity contribution in [3.8, 4) is 6.01 Å². The van der Waals surface area contributed by atoms with Gasteiger partial charge in [0, 0.05) is 12.8 Å². The van der Waals surface area contributed by atoms with Crippen LogP contribution in [-0.2, 0) is 9.84 Å². The lowest BCUT2D eigenvalue weighted by Gasteiger charge is -2.05. The Hall–Kier alpha value is -1.64. The molecule has 1 heterocycles. The van der Waals surface area contributed by atoms with Crippen LogP contribution in [0.2, 0.25) is 0 Å². The summed E-state index contributed by atoms with van der Waals surface area (Å²) in [5, 5.41) is 2.72. The van der Waals surface area contributed by atoms with Crippen molar-refractivity contribution >= 4 is 21.7 Å². The van der Waals surface area contributed by atoms with Crippen LogP contribution in [0.3, 0.4) is 0 Å². The molecule has 0 spiro atoms. The molecule has 0 fully saturated rings. The molecule has 0 amide bonds. The highest BCUT2D eigenvalue weighted by molar-refractivity contribution is 7.90. The van der Waals surface area contributed by atoms with Crippen molar-refractivity contribution < 1.29 is 13.2 Å². The van der Waals surface area contributed by atoms with E-state index in [4.69, 9.17) is 10.5 Å². The average Bonchev–Trinajstić information content (AvgIpc) is 2.14. The molecular weight excluding hydrogens is 234 g/mol.